The molecule has 1 aromatic heterocycles. The fourth-order valence-corrected chi connectivity index (χ4v) is 1.85. The van der Waals surface area contributed by atoms with Crippen molar-refractivity contribution in [3.05, 3.63) is 30.5 Å². The van der Waals surface area contributed by atoms with Gasteiger partial charge in [-0.05, 0) is 52.2 Å². The highest BCUT2D eigenvalue weighted by atomic mass is 16.6. The molecule has 0 saturated heterocycles. The Bertz CT molecular complexity index is 474. The number of rotatable bonds is 5. The van der Waals surface area contributed by atoms with Crippen LogP contribution in [0.15, 0.2) is 24.8 Å². The Morgan fingerprint density at radius 2 is 2.10 bits per heavy atom. The van der Waals surface area contributed by atoms with E-state index in [0.717, 1.165) is 12.8 Å². The van der Waals surface area contributed by atoms with Gasteiger partial charge in [-0.1, -0.05) is 6.08 Å². The molecule has 1 rings (SSSR count). The molecule has 0 bridgehead atoms. The van der Waals surface area contributed by atoms with Crippen molar-refractivity contribution in [1.29, 1.82) is 0 Å². The molecular formula is C14H22BNO4. The highest BCUT2D eigenvalue weighted by Gasteiger charge is 2.26. The molecule has 1 heterocycles. The van der Waals surface area contributed by atoms with Crippen LogP contribution in [0, 0.1) is 0 Å². The van der Waals surface area contributed by atoms with E-state index in [-0.39, 0.29) is 5.59 Å². The van der Waals surface area contributed by atoms with Crippen LogP contribution in [0.25, 0.3) is 0 Å². The van der Waals surface area contributed by atoms with Crippen LogP contribution in [0.2, 0.25) is 0 Å². The summed E-state index contributed by atoms with van der Waals surface area (Å²) in [6.45, 7) is 8.95. The van der Waals surface area contributed by atoms with E-state index in [1.165, 1.54) is 10.6 Å². The number of hydrogen-bond donors (Lipinski definition) is 2. The second-order valence-corrected chi connectivity index (χ2v) is 5.62. The summed E-state index contributed by atoms with van der Waals surface area (Å²) >= 11 is 0. The standard InChI is InChI=1S/C14H22BNO4/c1-5-6-7-8-11-9-10-12(15(18)19)16(11)13(17)20-14(2,3)4/h5,9-10,18-19H,1,6-8H2,2-4H3. The first-order chi connectivity index (χ1) is 9.26. The Morgan fingerprint density at radius 3 is 2.60 bits per heavy atom. The number of carbonyl (C=O) groups is 1. The van der Waals surface area contributed by atoms with Crippen molar-refractivity contribution in [2.45, 2.75) is 45.6 Å². The molecule has 0 fully saturated rings. The maximum atomic E-state index is 12.2. The van der Waals surface area contributed by atoms with Gasteiger partial charge in [-0.2, -0.15) is 0 Å². The fraction of sp³-hybridized carbons (Fsp3) is 0.500. The van der Waals surface area contributed by atoms with Gasteiger partial charge in [0.05, 0.1) is 5.59 Å². The molecule has 20 heavy (non-hydrogen) atoms. The first kappa shape index (κ1) is 16.5. The molecule has 1 aromatic rings. The third kappa shape index (κ3) is 4.54. The molecule has 0 aliphatic heterocycles. The summed E-state index contributed by atoms with van der Waals surface area (Å²) < 4.78 is 6.54. The molecule has 0 spiro atoms. The van der Waals surface area contributed by atoms with Gasteiger partial charge < -0.3 is 14.8 Å². The van der Waals surface area contributed by atoms with Crippen LogP contribution in [-0.2, 0) is 11.2 Å². The van der Waals surface area contributed by atoms with Crippen LogP contribution in [0.5, 0.6) is 0 Å². The summed E-state index contributed by atoms with van der Waals surface area (Å²) in [5.74, 6) is 0. The molecule has 6 heteroatoms. The summed E-state index contributed by atoms with van der Waals surface area (Å²) in [4.78, 5) is 12.2. The lowest BCUT2D eigenvalue weighted by Crippen LogP contribution is -2.41. The van der Waals surface area contributed by atoms with Gasteiger partial charge in [0, 0.05) is 5.69 Å². The lowest BCUT2D eigenvalue weighted by molar-refractivity contribution is 0.0536. The molecule has 0 unspecified atom stereocenters. The lowest BCUT2D eigenvalue weighted by atomic mass is 9.86. The molecular weight excluding hydrogens is 257 g/mol. The second kappa shape index (κ2) is 6.77. The van der Waals surface area contributed by atoms with Gasteiger partial charge in [0.25, 0.3) is 0 Å². The average Bonchev–Trinajstić information content (AvgIpc) is 2.71. The van der Waals surface area contributed by atoms with Crippen molar-refractivity contribution >= 4 is 18.8 Å². The fourth-order valence-electron chi connectivity index (χ4n) is 1.85. The molecule has 2 N–H and O–H groups in total. The zero-order valence-electron chi connectivity index (χ0n) is 12.3. The summed E-state index contributed by atoms with van der Waals surface area (Å²) in [5, 5.41) is 18.7. The monoisotopic (exact) mass is 279 g/mol. The van der Waals surface area contributed by atoms with Crippen molar-refractivity contribution in [1.82, 2.24) is 4.57 Å². The Hall–Kier alpha value is -1.53. The Labute approximate surface area is 120 Å². The van der Waals surface area contributed by atoms with Gasteiger partial charge in [0.15, 0.2) is 0 Å². The predicted molar refractivity (Wildman–Crippen MR) is 79.0 cm³/mol. The van der Waals surface area contributed by atoms with Crippen LogP contribution < -0.4 is 5.59 Å². The van der Waals surface area contributed by atoms with Crippen molar-refractivity contribution in [3.63, 3.8) is 0 Å². The minimum Gasteiger partial charge on any atom is -0.443 e. The van der Waals surface area contributed by atoms with Crippen LogP contribution in [0.4, 0.5) is 4.79 Å². The number of ether oxygens (including phenoxy) is 1. The smallest absolute Gasteiger partial charge is 0.443 e. The Morgan fingerprint density at radius 1 is 1.45 bits per heavy atom. The van der Waals surface area contributed by atoms with Crippen molar-refractivity contribution in [2.75, 3.05) is 0 Å². The normalized spacial score (nSPS) is 11.2. The molecule has 0 radical (unpaired) electrons. The zero-order valence-corrected chi connectivity index (χ0v) is 12.3. The summed E-state index contributed by atoms with van der Waals surface area (Å²) in [5.41, 5.74) is 0.175. The van der Waals surface area contributed by atoms with Gasteiger partial charge >= 0.3 is 13.2 Å². The summed E-state index contributed by atoms with van der Waals surface area (Å²) in [7, 11) is -1.71. The van der Waals surface area contributed by atoms with Crippen LogP contribution in [0.3, 0.4) is 0 Å². The first-order valence-electron chi connectivity index (χ1n) is 6.67. The van der Waals surface area contributed by atoms with E-state index in [1.54, 1.807) is 26.8 Å². The van der Waals surface area contributed by atoms with Crippen LogP contribution in [-0.4, -0.2) is 33.4 Å². The third-order valence-electron chi connectivity index (χ3n) is 2.67. The minimum absolute atomic E-state index is 0.118. The van der Waals surface area contributed by atoms with Crippen molar-refractivity contribution in [3.8, 4) is 0 Å². The van der Waals surface area contributed by atoms with Crippen LogP contribution >= 0.6 is 0 Å². The minimum atomic E-state index is -1.71. The quantitative estimate of drug-likeness (QED) is 0.486. The van der Waals surface area contributed by atoms with Gasteiger partial charge in [-0.25, -0.2) is 4.79 Å². The summed E-state index contributed by atoms with van der Waals surface area (Å²) in [6, 6.07) is 3.24. The lowest BCUT2D eigenvalue weighted by Gasteiger charge is -2.21. The number of aromatic nitrogens is 1. The number of hydrogen-bond acceptors (Lipinski definition) is 4. The number of allylic oxidation sites excluding steroid dienone is 1. The number of carbonyl (C=O) groups excluding carboxylic acids is 1. The first-order valence-corrected chi connectivity index (χ1v) is 6.67. The molecule has 0 aromatic carbocycles. The van der Waals surface area contributed by atoms with E-state index < -0.39 is 18.8 Å². The van der Waals surface area contributed by atoms with E-state index in [2.05, 4.69) is 6.58 Å². The maximum Gasteiger partial charge on any atom is 0.506 e. The van der Waals surface area contributed by atoms with E-state index in [9.17, 15) is 14.8 Å². The summed E-state index contributed by atoms with van der Waals surface area (Å²) in [6.07, 6.45) is 3.51. The molecule has 0 saturated carbocycles. The predicted octanol–water partition coefficient (Wildman–Crippen LogP) is 1.46. The van der Waals surface area contributed by atoms with E-state index >= 15 is 0 Å². The molecule has 0 amide bonds. The van der Waals surface area contributed by atoms with Gasteiger partial charge in [-0.3, -0.25) is 4.57 Å². The van der Waals surface area contributed by atoms with E-state index in [1.807, 2.05) is 6.08 Å². The molecule has 0 atom stereocenters. The van der Waals surface area contributed by atoms with Gasteiger partial charge in [0.2, 0.25) is 0 Å². The molecule has 0 aliphatic rings. The van der Waals surface area contributed by atoms with E-state index in [4.69, 9.17) is 4.74 Å². The second-order valence-electron chi connectivity index (χ2n) is 5.62. The number of aryl methyl sites for hydroxylation is 1. The molecule has 110 valence electrons. The number of unbranched alkanes of at least 4 members (excludes halogenated alkanes) is 1. The van der Waals surface area contributed by atoms with Crippen LogP contribution in [0.1, 0.15) is 39.3 Å². The maximum absolute atomic E-state index is 12.2. The third-order valence-corrected chi connectivity index (χ3v) is 2.67. The van der Waals surface area contributed by atoms with Gasteiger partial charge in [-0.15, -0.1) is 6.58 Å². The largest absolute Gasteiger partial charge is 0.506 e. The topological polar surface area (TPSA) is 71.7 Å². The van der Waals surface area contributed by atoms with Crippen molar-refractivity contribution < 1.29 is 19.6 Å². The van der Waals surface area contributed by atoms with Crippen molar-refractivity contribution in [2.24, 2.45) is 0 Å². The number of nitrogens with zero attached hydrogens (tertiary/aromatic N) is 1. The Kier molecular flexibility index (Phi) is 5.59. The average molecular weight is 279 g/mol. The highest BCUT2D eigenvalue weighted by molar-refractivity contribution is 6.58. The zero-order chi connectivity index (χ0) is 15.3. The van der Waals surface area contributed by atoms with E-state index in [0.29, 0.717) is 12.1 Å². The molecule has 5 nitrogen and oxygen atoms in total. The van der Waals surface area contributed by atoms with Gasteiger partial charge in [0.1, 0.15) is 5.60 Å². The Balaban J connectivity index is 3.02. The highest BCUT2D eigenvalue weighted by Crippen LogP contribution is 2.12. The SMILES string of the molecule is C=CCCCc1ccc(B(O)O)n1C(=O)OC(C)(C)C. The molecule has 0 aliphatic carbocycles.